The SMILES string of the molecule is C/C=C\C.CC1(C)c2ccccc2-c2c(-c3ccc(N(c4ccc(-c5ccccc5)cc4)c4ccc(-c5ccccc5)cc4)c4c3-c3ccccc3C4(C)C)cccc21. The number of anilines is 3. The molecule has 0 fully saturated rings. The van der Waals surface area contributed by atoms with Gasteiger partial charge in [-0.3, -0.25) is 0 Å². The Hall–Kier alpha value is -6.70. The van der Waals surface area contributed by atoms with Crippen LogP contribution in [0.2, 0.25) is 0 Å². The largest absolute Gasteiger partial charge is 0.310 e. The van der Waals surface area contributed by atoms with Gasteiger partial charge in [0.2, 0.25) is 0 Å². The third kappa shape index (κ3) is 6.43. The average Bonchev–Trinajstić information content (AvgIpc) is 3.68. The fourth-order valence-corrected chi connectivity index (χ4v) is 9.57. The molecule has 0 spiro atoms. The van der Waals surface area contributed by atoms with E-state index in [9.17, 15) is 0 Å². The summed E-state index contributed by atoms with van der Waals surface area (Å²) in [6, 6.07) is 69.3. The van der Waals surface area contributed by atoms with Crippen LogP contribution >= 0.6 is 0 Å². The first-order chi connectivity index (χ1) is 28.7. The van der Waals surface area contributed by atoms with Gasteiger partial charge in [-0.05, 0) is 122 Å². The molecule has 2 aliphatic rings. The number of nitrogens with zero attached hydrogens (tertiary/aromatic N) is 1. The molecule has 0 aromatic heterocycles. The monoisotopic (exact) mass is 761 g/mol. The van der Waals surface area contributed by atoms with Crippen LogP contribution in [0, 0.1) is 0 Å². The minimum atomic E-state index is -0.251. The third-order valence-electron chi connectivity index (χ3n) is 12.6. The fraction of sp³-hybridized carbons (Fsp3) is 0.138. The maximum absolute atomic E-state index is 2.48. The molecule has 0 aliphatic heterocycles. The van der Waals surface area contributed by atoms with E-state index in [2.05, 4.69) is 221 Å². The van der Waals surface area contributed by atoms with Crippen molar-refractivity contribution in [3.8, 4) is 55.6 Å². The van der Waals surface area contributed by atoms with Crippen molar-refractivity contribution in [3.63, 3.8) is 0 Å². The first-order valence-electron chi connectivity index (χ1n) is 20.9. The van der Waals surface area contributed by atoms with E-state index in [4.69, 9.17) is 0 Å². The molecule has 2 aliphatic carbocycles. The molecule has 0 atom stereocenters. The molecular formula is C58H51N. The van der Waals surface area contributed by atoms with Crippen molar-refractivity contribution < 1.29 is 0 Å². The lowest BCUT2D eigenvalue weighted by atomic mass is 9.79. The Labute approximate surface area is 351 Å². The third-order valence-corrected chi connectivity index (χ3v) is 12.6. The molecule has 8 aromatic rings. The zero-order valence-corrected chi connectivity index (χ0v) is 35.0. The molecule has 1 heteroatoms. The molecule has 0 unspecified atom stereocenters. The number of fused-ring (bicyclic) bond motifs is 6. The van der Waals surface area contributed by atoms with Crippen molar-refractivity contribution >= 4 is 17.1 Å². The van der Waals surface area contributed by atoms with Gasteiger partial charge in [-0.25, -0.2) is 0 Å². The van der Waals surface area contributed by atoms with Crippen molar-refractivity contribution in [1.82, 2.24) is 0 Å². The molecule has 0 saturated carbocycles. The highest BCUT2D eigenvalue weighted by Crippen LogP contribution is 2.59. The highest BCUT2D eigenvalue weighted by atomic mass is 15.1. The molecule has 0 saturated heterocycles. The quantitative estimate of drug-likeness (QED) is 0.153. The Bertz CT molecular complexity index is 2720. The number of hydrogen-bond donors (Lipinski definition) is 0. The number of hydrogen-bond acceptors (Lipinski definition) is 1. The van der Waals surface area contributed by atoms with Crippen LogP contribution in [0.1, 0.15) is 63.8 Å². The summed E-state index contributed by atoms with van der Waals surface area (Å²) in [7, 11) is 0. The molecule has 10 rings (SSSR count). The molecular weight excluding hydrogens is 711 g/mol. The smallest absolute Gasteiger partial charge is 0.0509 e. The molecule has 0 N–H and O–H groups in total. The summed E-state index contributed by atoms with van der Waals surface area (Å²) in [5, 5.41) is 0. The van der Waals surface area contributed by atoms with Crippen LogP contribution < -0.4 is 4.90 Å². The molecule has 8 aromatic carbocycles. The maximum atomic E-state index is 2.48. The normalized spacial score (nSPS) is 13.8. The minimum Gasteiger partial charge on any atom is -0.310 e. The lowest BCUT2D eigenvalue weighted by molar-refractivity contribution is 0.660. The van der Waals surface area contributed by atoms with Crippen molar-refractivity contribution in [2.75, 3.05) is 4.90 Å². The zero-order valence-electron chi connectivity index (χ0n) is 35.0. The van der Waals surface area contributed by atoms with E-state index in [0.717, 1.165) is 11.4 Å². The summed E-state index contributed by atoms with van der Waals surface area (Å²) in [6.45, 7) is 13.6. The van der Waals surface area contributed by atoms with Gasteiger partial charge in [0.1, 0.15) is 0 Å². The van der Waals surface area contributed by atoms with E-state index < -0.39 is 0 Å². The summed E-state index contributed by atoms with van der Waals surface area (Å²) >= 11 is 0. The zero-order chi connectivity index (χ0) is 40.7. The second-order valence-corrected chi connectivity index (χ2v) is 16.8. The maximum Gasteiger partial charge on any atom is 0.0509 e. The second-order valence-electron chi connectivity index (χ2n) is 16.8. The van der Waals surface area contributed by atoms with Crippen LogP contribution in [-0.4, -0.2) is 0 Å². The van der Waals surface area contributed by atoms with Crippen LogP contribution in [0.25, 0.3) is 55.6 Å². The average molecular weight is 762 g/mol. The predicted octanol–water partition coefficient (Wildman–Crippen LogP) is 16.4. The first-order valence-corrected chi connectivity index (χ1v) is 20.9. The molecule has 288 valence electrons. The molecule has 0 heterocycles. The van der Waals surface area contributed by atoms with Crippen molar-refractivity contribution in [3.05, 3.63) is 222 Å². The van der Waals surface area contributed by atoms with E-state index >= 15 is 0 Å². The van der Waals surface area contributed by atoms with Crippen LogP contribution in [0.15, 0.2) is 200 Å². The van der Waals surface area contributed by atoms with Crippen LogP contribution in [0.3, 0.4) is 0 Å². The fourth-order valence-electron chi connectivity index (χ4n) is 9.57. The van der Waals surface area contributed by atoms with E-state index in [-0.39, 0.29) is 10.8 Å². The summed E-state index contributed by atoms with van der Waals surface area (Å²) < 4.78 is 0. The predicted molar refractivity (Wildman–Crippen MR) is 253 cm³/mol. The lowest BCUT2D eigenvalue weighted by Crippen LogP contribution is -2.21. The minimum absolute atomic E-state index is 0.0726. The standard InChI is InChI=1S/C54H43N.C4H8/c1-53(2)46-23-13-11-20-44(46)50-42(22-15-25-48(50)53)43-34-35-49(52-51(43)45-21-12-14-24-47(45)54(52,3)4)55(40-30-26-38(27-31-40)36-16-7-5-8-17-36)41-32-28-39(29-33-41)37-18-9-6-10-19-37;1-3-4-2/h5-35H,1-4H3;3-4H,1-2H3/b;4-3-. The van der Waals surface area contributed by atoms with Gasteiger partial charge >= 0.3 is 0 Å². The Morgan fingerprint density at radius 2 is 0.746 bits per heavy atom. The van der Waals surface area contributed by atoms with Gasteiger partial charge in [0.25, 0.3) is 0 Å². The van der Waals surface area contributed by atoms with Gasteiger partial charge in [-0.1, -0.05) is 198 Å². The topological polar surface area (TPSA) is 3.24 Å². The number of benzene rings is 8. The lowest BCUT2D eigenvalue weighted by Gasteiger charge is -2.33. The highest BCUT2D eigenvalue weighted by Gasteiger charge is 2.42. The highest BCUT2D eigenvalue weighted by molar-refractivity contribution is 6.03. The van der Waals surface area contributed by atoms with Gasteiger partial charge < -0.3 is 4.90 Å². The van der Waals surface area contributed by atoms with Crippen molar-refractivity contribution in [2.45, 2.75) is 52.4 Å². The molecule has 59 heavy (non-hydrogen) atoms. The van der Waals surface area contributed by atoms with Crippen LogP contribution in [-0.2, 0) is 10.8 Å². The van der Waals surface area contributed by atoms with Crippen LogP contribution in [0.4, 0.5) is 17.1 Å². The van der Waals surface area contributed by atoms with Gasteiger partial charge in [0, 0.05) is 22.2 Å². The Balaban J connectivity index is 0.00000108. The van der Waals surface area contributed by atoms with E-state index in [1.54, 1.807) is 0 Å². The van der Waals surface area contributed by atoms with Crippen molar-refractivity contribution in [2.24, 2.45) is 0 Å². The van der Waals surface area contributed by atoms with Gasteiger partial charge in [-0.2, -0.15) is 0 Å². The first kappa shape index (κ1) is 37.9. The van der Waals surface area contributed by atoms with E-state index in [1.807, 2.05) is 26.0 Å². The van der Waals surface area contributed by atoms with Gasteiger partial charge in [-0.15, -0.1) is 0 Å². The molecule has 0 radical (unpaired) electrons. The van der Waals surface area contributed by atoms with Crippen LogP contribution in [0.5, 0.6) is 0 Å². The molecule has 0 bridgehead atoms. The molecule has 0 amide bonds. The Morgan fingerprint density at radius 3 is 1.27 bits per heavy atom. The number of allylic oxidation sites excluding steroid dienone is 2. The summed E-state index contributed by atoms with van der Waals surface area (Å²) in [4.78, 5) is 2.48. The Kier molecular flexibility index (Phi) is 9.77. The molecule has 1 nitrogen and oxygen atoms in total. The Morgan fingerprint density at radius 1 is 0.339 bits per heavy atom. The van der Waals surface area contributed by atoms with Gasteiger partial charge in [0.15, 0.2) is 0 Å². The summed E-state index contributed by atoms with van der Waals surface area (Å²) in [5.74, 6) is 0. The van der Waals surface area contributed by atoms with Gasteiger partial charge in [0.05, 0.1) is 5.69 Å². The summed E-state index contributed by atoms with van der Waals surface area (Å²) in [6.07, 6.45) is 4.00. The van der Waals surface area contributed by atoms with E-state index in [0.29, 0.717) is 0 Å². The number of rotatable bonds is 6. The van der Waals surface area contributed by atoms with Crippen molar-refractivity contribution in [1.29, 1.82) is 0 Å². The summed E-state index contributed by atoms with van der Waals surface area (Å²) in [5.41, 5.74) is 21.5. The second kappa shape index (κ2) is 15.2. The van der Waals surface area contributed by atoms with E-state index in [1.165, 1.54) is 83.6 Å².